The topological polar surface area (TPSA) is 170 Å². The number of carbonyl (C=O) groups excluding carboxylic acids is 1. The molecule has 1 heterocycles. The van der Waals surface area contributed by atoms with Gasteiger partial charge in [0.1, 0.15) is 10.6 Å². The fraction of sp³-hybridized carbons (Fsp3) is 0.227. The molecule has 1 amide bonds. The summed E-state index contributed by atoms with van der Waals surface area (Å²) in [6.07, 6.45) is 1.31. The Morgan fingerprint density at radius 2 is 2.00 bits per heavy atom. The second-order valence-corrected chi connectivity index (χ2v) is 9.35. The first-order valence-electron chi connectivity index (χ1n) is 10.4. The van der Waals surface area contributed by atoms with Crippen LogP contribution >= 0.6 is 27.7 Å². The standard InChI is InChI=1S/C22H20BrF2N7O3S/c23-17-11-30-21(32(17)16-8-7-12(10-26)13-4-1-2-5-14(13)16)36-22(24,25)19(35)31-15(18(33)34)6-3-9-29-20(27)28/h1-2,4-5,7-8,11,15H,3,6,9H2,(H,31,35)(H,33,34)(H4,27,28,29). The largest absolute Gasteiger partial charge is 0.480 e. The van der Waals surface area contributed by atoms with Crippen LogP contribution in [0.3, 0.4) is 0 Å². The van der Waals surface area contributed by atoms with Gasteiger partial charge in [-0.3, -0.25) is 14.8 Å². The van der Waals surface area contributed by atoms with Crippen molar-refractivity contribution in [2.24, 2.45) is 5.73 Å². The number of hydrogen-bond acceptors (Lipinski definition) is 6. The number of guanidine groups is 1. The zero-order valence-electron chi connectivity index (χ0n) is 18.5. The maximum absolute atomic E-state index is 14.9. The average molecular weight is 580 g/mol. The van der Waals surface area contributed by atoms with E-state index < -0.39 is 23.2 Å². The van der Waals surface area contributed by atoms with Crippen LogP contribution in [0.2, 0.25) is 0 Å². The predicted molar refractivity (Wildman–Crippen MR) is 133 cm³/mol. The number of nitrogens with one attached hydrogen (secondary N) is 3. The number of nitrogens with zero attached hydrogens (tertiary/aromatic N) is 3. The minimum Gasteiger partial charge on any atom is -0.480 e. The number of hydrogen-bond donors (Lipinski definition) is 5. The van der Waals surface area contributed by atoms with Crippen LogP contribution in [-0.2, 0) is 9.59 Å². The highest BCUT2D eigenvalue weighted by Crippen LogP contribution is 2.39. The lowest BCUT2D eigenvalue weighted by atomic mass is 10.0. The van der Waals surface area contributed by atoms with Gasteiger partial charge < -0.3 is 21.5 Å². The van der Waals surface area contributed by atoms with Gasteiger partial charge in [-0.05, 0) is 52.7 Å². The second kappa shape index (κ2) is 11.4. The number of aromatic nitrogens is 2. The van der Waals surface area contributed by atoms with Crippen LogP contribution in [0, 0.1) is 16.7 Å². The Hall–Kier alpha value is -3.70. The maximum Gasteiger partial charge on any atom is 0.377 e. The van der Waals surface area contributed by atoms with E-state index in [0.717, 1.165) is 0 Å². The van der Waals surface area contributed by atoms with Crippen molar-refractivity contribution in [1.82, 2.24) is 20.2 Å². The Kier molecular flexibility index (Phi) is 8.49. The second-order valence-electron chi connectivity index (χ2n) is 7.45. The molecule has 14 heteroatoms. The summed E-state index contributed by atoms with van der Waals surface area (Å²) < 4.78 is 31.6. The molecule has 6 N–H and O–H groups in total. The zero-order valence-corrected chi connectivity index (χ0v) is 20.9. The van der Waals surface area contributed by atoms with E-state index in [2.05, 4.69) is 32.3 Å². The number of nitriles is 1. The highest BCUT2D eigenvalue weighted by molar-refractivity contribution is 9.10. The summed E-state index contributed by atoms with van der Waals surface area (Å²) in [4.78, 5) is 27.8. The molecule has 1 aromatic heterocycles. The first-order valence-corrected chi connectivity index (χ1v) is 12.0. The minimum atomic E-state index is -4.06. The molecule has 0 saturated carbocycles. The highest BCUT2D eigenvalue weighted by atomic mass is 79.9. The SMILES string of the molecule is N#Cc1ccc(-n2c(Br)cnc2SC(F)(F)C(=O)NC(CCCNC(=N)N)C(=O)O)c2ccccc12. The van der Waals surface area contributed by atoms with Crippen molar-refractivity contribution >= 4 is 56.3 Å². The molecule has 188 valence electrons. The fourth-order valence-corrected chi connectivity index (χ4v) is 4.72. The number of imidazole rings is 1. The first-order chi connectivity index (χ1) is 17.0. The van der Waals surface area contributed by atoms with Crippen LogP contribution < -0.4 is 16.4 Å². The van der Waals surface area contributed by atoms with Crippen molar-refractivity contribution in [2.45, 2.75) is 29.3 Å². The van der Waals surface area contributed by atoms with Gasteiger partial charge in [0.15, 0.2) is 11.1 Å². The normalized spacial score (nSPS) is 12.1. The quantitative estimate of drug-likeness (QED) is 0.105. The van der Waals surface area contributed by atoms with Crippen LogP contribution in [0.1, 0.15) is 18.4 Å². The molecule has 0 saturated heterocycles. The number of nitrogens with two attached hydrogens (primary N) is 1. The number of rotatable bonds is 10. The molecule has 10 nitrogen and oxygen atoms in total. The molecule has 1 unspecified atom stereocenters. The Morgan fingerprint density at radius 3 is 2.64 bits per heavy atom. The Balaban J connectivity index is 1.84. The molecule has 3 aromatic rings. The molecule has 0 aliphatic rings. The van der Waals surface area contributed by atoms with E-state index in [1.807, 2.05) is 5.32 Å². The number of amides is 1. The number of thioether (sulfide) groups is 1. The van der Waals surface area contributed by atoms with E-state index in [1.54, 1.807) is 36.4 Å². The van der Waals surface area contributed by atoms with Crippen LogP contribution in [0.15, 0.2) is 52.4 Å². The highest BCUT2D eigenvalue weighted by Gasteiger charge is 2.43. The molecule has 0 spiro atoms. The van der Waals surface area contributed by atoms with E-state index in [0.29, 0.717) is 26.6 Å². The van der Waals surface area contributed by atoms with Crippen molar-refractivity contribution in [3.63, 3.8) is 0 Å². The molecule has 2 aromatic carbocycles. The van der Waals surface area contributed by atoms with Crippen LogP contribution in [0.25, 0.3) is 16.5 Å². The van der Waals surface area contributed by atoms with Crippen molar-refractivity contribution in [3.8, 4) is 11.8 Å². The van der Waals surface area contributed by atoms with Crippen molar-refractivity contribution in [3.05, 3.63) is 52.8 Å². The number of benzene rings is 2. The number of carboxylic acid groups (broad SMARTS) is 1. The lowest BCUT2D eigenvalue weighted by Crippen LogP contribution is -2.47. The van der Waals surface area contributed by atoms with Crippen LogP contribution in [-0.4, -0.2) is 50.3 Å². The summed E-state index contributed by atoms with van der Waals surface area (Å²) in [6, 6.07) is 10.6. The van der Waals surface area contributed by atoms with Gasteiger partial charge in [0.05, 0.1) is 23.5 Å². The van der Waals surface area contributed by atoms with E-state index in [1.165, 1.54) is 10.8 Å². The minimum absolute atomic E-state index is 0.138. The van der Waals surface area contributed by atoms with E-state index >= 15 is 0 Å². The monoisotopic (exact) mass is 579 g/mol. The summed E-state index contributed by atoms with van der Waals surface area (Å²) in [5.74, 6) is -3.57. The predicted octanol–water partition coefficient (Wildman–Crippen LogP) is 3.18. The number of fused-ring (bicyclic) bond motifs is 1. The molecule has 0 aliphatic carbocycles. The third-order valence-electron chi connectivity index (χ3n) is 5.02. The first kappa shape index (κ1) is 26.9. The molecule has 0 fully saturated rings. The average Bonchev–Trinajstić information content (AvgIpc) is 3.18. The number of halogens is 3. The van der Waals surface area contributed by atoms with Gasteiger partial charge in [0.2, 0.25) is 0 Å². The summed E-state index contributed by atoms with van der Waals surface area (Å²) in [5.41, 5.74) is 6.00. The number of carboxylic acids is 1. The Labute approximate surface area is 216 Å². The summed E-state index contributed by atoms with van der Waals surface area (Å²) >= 11 is 3.16. The van der Waals surface area contributed by atoms with Gasteiger partial charge in [-0.15, -0.1) is 0 Å². The van der Waals surface area contributed by atoms with Gasteiger partial charge >= 0.3 is 17.1 Å². The lowest BCUT2D eigenvalue weighted by Gasteiger charge is -2.20. The molecule has 36 heavy (non-hydrogen) atoms. The Morgan fingerprint density at radius 1 is 1.31 bits per heavy atom. The molecule has 0 bridgehead atoms. The molecule has 3 rings (SSSR count). The molecular formula is C22H20BrF2N7O3S. The van der Waals surface area contributed by atoms with Crippen LogP contribution in [0.4, 0.5) is 8.78 Å². The van der Waals surface area contributed by atoms with Crippen molar-refractivity contribution < 1.29 is 23.5 Å². The zero-order chi connectivity index (χ0) is 26.5. The lowest BCUT2D eigenvalue weighted by molar-refractivity contribution is -0.145. The fourth-order valence-electron chi connectivity index (χ4n) is 3.37. The molecule has 0 aliphatic heterocycles. The van der Waals surface area contributed by atoms with E-state index in [-0.39, 0.29) is 42.3 Å². The van der Waals surface area contributed by atoms with Crippen LogP contribution in [0.5, 0.6) is 0 Å². The van der Waals surface area contributed by atoms with Crippen molar-refractivity contribution in [1.29, 1.82) is 10.7 Å². The van der Waals surface area contributed by atoms with Gasteiger partial charge in [-0.25, -0.2) is 9.78 Å². The summed E-state index contributed by atoms with van der Waals surface area (Å²) in [7, 11) is 0. The maximum atomic E-state index is 14.9. The summed E-state index contributed by atoms with van der Waals surface area (Å²) in [5, 5.41) is 27.1. The number of alkyl halides is 2. The van der Waals surface area contributed by atoms with Crippen molar-refractivity contribution in [2.75, 3.05) is 6.54 Å². The molecule has 1 atom stereocenters. The third kappa shape index (κ3) is 6.10. The summed E-state index contributed by atoms with van der Waals surface area (Å²) in [6.45, 7) is 0.143. The molecular weight excluding hydrogens is 560 g/mol. The van der Waals surface area contributed by atoms with Gasteiger partial charge in [0.25, 0.3) is 0 Å². The van der Waals surface area contributed by atoms with E-state index in [9.17, 15) is 28.7 Å². The van der Waals surface area contributed by atoms with E-state index in [4.69, 9.17) is 11.1 Å². The number of carbonyl (C=O) groups is 2. The van der Waals surface area contributed by atoms with Gasteiger partial charge in [-0.2, -0.15) is 14.0 Å². The smallest absolute Gasteiger partial charge is 0.377 e. The Bertz CT molecular complexity index is 1360. The van der Waals surface area contributed by atoms with Gasteiger partial charge in [0, 0.05) is 17.3 Å². The third-order valence-corrected chi connectivity index (χ3v) is 6.49. The number of aliphatic carboxylic acids is 1. The molecule has 0 radical (unpaired) electrons. The van der Waals surface area contributed by atoms with Gasteiger partial charge in [-0.1, -0.05) is 24.3 Å².